The largest absolute Gasteiger partial charge is 0.492 e. The van der Waals surface area contributed by atoms with Crippen molar-refractivity contribution in [3.63, 3.8) is 0 Å². The van der Waals surface area contributed by atoms with Crippen LogP contribution in [0.15, 0.2) is 12.5 Å². The number of nitrogens with zero attached hydrogens (tertiary/aromatic N) is 2. The summed E-state index contributed by atoms with van der Waals surface area (Å²) in [6, 6.07) is 0. The van der Waals surface area contributed by atoms with Gasteiger partial charge in [-0.2, -0.15) is 0 Å². The Bertz CT molecular complexity index is 437. The molecule has 0 bridgehead atoms. The average molecular weight is 272 g/mol. The first-order valence-electron chi connectivity index (χ1n) is 3.92. The van der Waals surface area contributed by atoms with Gasteiger partial charge in [-0.1, -0.05) is 0 Å². The van der Waals surface area contributed by atoms with E-state index >= 15 is 0 Å². The second-order valence-corrected chi connectivity index (χ2v) is 7.10. The van der Waals surface area contributed by atoms with E-state index in [1.54, 1.807) is 0 Å². The maximum Gasteiger partial charge on any atom is 0.342 e. The first kappa shape index (κ1) is 13.4. The van der Waals surface area contributed by atoms with E-state index in [0.29, 0.717) is 0 Å². The van der Waals surface area contributed by atoms with E-state index in [-0.39, 0.29) is 0 Å². The number of hydrogen-bond acceptors (Lipinski definition) is 4. The summed E-state index contributed by atoms with van der Waals surface area (Å²) in [4.78, 5) is 38.6. The Morgan fingerprint density at radius 1 is 1.25 bits per heavy atom. The van der Waals surface area contributed by atoms with Crippen LogP contribution >= 0.6 is 15.2 Å². The Hall–Kier alpha value is -0.690. The monoisotopic (exact) mass is 272 g/mol. The van der Waals surface area contributed by atoms with Gasteiger partial charge >= 0.3 is 15.2 Å². The first-order chi connectivity index (χ1) is 7.10. The molecule has 0 spiro atoms. The summed E-state index contributed by atoms with van der Waals surface area (Å²) in [5.41, 5.74) is 0. The molecule has 16 heavy (non-hydrogen) atoms. The average Bonchev–Trinajstić information content (AvgIpc) is 2.43. The molecule has 1 rings (SSSR count). The summed E-state index contributed by atoms with van der Waals surface area (Å²) in [6.45, 7) is -0.637. The topological polar surface area (TPSA) is 153 Å². The van der Waals surface area contributed by atoms with E-state index in [0.717, 1.165) is 17.1 Å². The third-order valence-corrected chi connectivity index (χ3v) is 5.45. The third-order valence-electron chi connectivity index (χ3n) is 1.77. The van der Waals surface area contributed by atoms with Gasteiger partial charge in [0, 0.05) is 6.54 Å². The van der Waals surface area contributed by atoms with Crippen LogP contribution in [0.25, 0.3) is 0 Å². The summed E-state index contributed by atoms with van der Waals surface area (Å²) in [7, 11) is -9.89. The van der Waals surface area contributed by atoms with Crippen LogP contribution in [0.4, 0.5) is 0 Å². The fraction of sp³-hybridized carbons (Fsp3) is 0.400. The Labute approximate surface area is 89.7 Å². The molecule has 11 heteroatoms. The lowest BCUT2D eigenvalue weighted by molar-refractivity contribution is 0.332. The molecule has 92 valence electrons. The maximum absolute atomic E-state index is 10.9. The molecule has 0 atom stereocenters. The Kier molecular flexibility index (Phi) is 3.59. The highest BCUT2D eigenvalue weighted by Crippen LogP contribution is 2.60. The van der Waals surface area contributed by atoms with Gasteiger partial charge in [0.25, 0.3) is 0 Å². The van der Waals surface area contributed by atoms with Crippen LogP contribution < -0.4 is 0 Å². The first-order valence-corrected chi connectivity index (χ1v) is 7.28. The highest BCUT2D eigenvalue weighted by atomic mass is 31.2. The summed E-state index contributed by atoms with van der Waals surface area (Å²) >= 11 is 0. The molecule has 0 aliphatic heterocycles. The molecule has 5 N–H and O–H groups in total. The van der Waals surface area contributed by atoms with E-state index in [4.69, 9.17) is 24.7 Å². The van der Waals surface area contributed by atoms with Crippen LogP contribution in [0.2, 0.25) is 0 Å². The van der Waals surface area contributed by atoms with Crippen LogP contribution in [0, 0.1) is 0 Å². The molecule has 0 unspecified atom stereocenters. The SMILES string of the molecule is O=P(O)(O)C(Cn1cnc(O)c1)P(=O)(O)O. The molecule has 1 heterocycles. The van der Waals surface area contributed by atoms with Gasteiger partial charge < -0.3 is 29.2 Å². The quantitative estimate of drug-likeness (QED) is 0.449. The van der Waals surface area contributed by atoms with Gasteiger partial charge in [0.15, 0.2) is 5.40 Å². The standard InChI is InChI=1S/C5H10N2O7P2/c8-4-1-7(3-6-4)2-5(15(9,10)11)16(12,13)14/h1,3,5,8H,2H2,(H2,9,10,11)(H2,12,13,14). The fourth-order valence-corrected chi connectivity index (χ4v) is 3.42. The normalized spacial score (nSPS) is 13.3. The fourth-order valence-electron chi connectivity index (χ4n) is 1.05. The minimum atomic E-state index is -4.95. The van der Waals surface area contributed by atoms with Gasteiger partial charge in [-0.05, 0) is 0 Å². The van der Waals surface area contributed by atoms with Gasteiger partial charge in [0.1, 0.15) is 0 Å². The van der Waals surface area contributed by atoms with E-state index in [9.17, 15) is 9.13 Å². The maximum atomic E-state index is 10.9. The van der Waals surface area contributed by atoms with E-state index < -0.39 is 33.0 Å². The lowest BCUT2D eigenvalue weighted by Gasteiger charge is -2.19. The zero-order valence-electron chi connectivity index (χ0n) is 7.78. The van der Waals surface area contributed by atoms with Gasteiger partial charge in [-0.15, -0.1) is 0 Å². The van der Waals surface area contributed by atoms with Crippen LogP contribution in [-0.4, -0.2) is 39.6 Å². The van der Waals surface area contributed by atoms with Crippen molar-refractivity contribution in [2.45, 2.75) is 11.9 Å². The van der Waals surface area contributed by atoms with Crippen molar-refractivity contribution in [2.75, 3.05) is 0 Å². The number of rotatable bonds is 4. The molecular weight excluding hydrogens is 262 g/mol. The van der Waals surface area contributed by atoms with Crippen molar-refractivity contribution in [1.82, 2.24) is 9.55 Å². The molecule has 0 aliphatic carbocycles. The smallest absolute Gasteiger partial charge is 0.342 e. The van der Waals surface area contributed by atoms with E-state index in [1.807, 2.05) is 0 Å². The highest BCUT2D eigenvalue weighted by Gasteiger charge is 2.43. The second kappa shape index (κ2) is 4.29. The molecule has 1 aromatic heterocycles. The van der Waals surface area contributed by atoms with Crippen molar-refractivity contribution in [3.05, 3.63) is 12.5 Å². The predicted octanol–water partition coefficient (Wildman–Crippen LogP) is -0.730. The van der Waals surface area contributed by atoms with Crippen LogP contribution in [0.3, 0.4) is 0 Å². The van der Waals surface area contributed by atoms with Gasteiger partial charge in [0.2, 0.25) is 5.88 Å². The molecule has 0 aliphatic rings. The van der Waals surface area contributed by atoms with Crippen LogP contribution in [0.1, 0.15) is 0 Å². The minimum absolute atomic E-state index is 0.407. The molecule has 1 aromatic rings. The van der Waals surface area contributed by atoms with Crippen molar-refractivity contribution >= 4 is 15.2 Å². The molecule has 0 fully saturated rings. The van der Waals surface area contributed by atoms with Crippen molar-refractivity contribution in [1.29, 1.82) is 0 Å². The van der Waals surface area contributed by atoms with Gasteiger partial charge in [-0.25, -0.2) is 4.98 Å². The summed E-state index contributed by atoms with van der Waals surface area (Å²) < 4.78 is 22.8. The number of aromatic hydroxyl groups is 1. The van der Waals surface area contributed by atoms with Gasteiger partial charge in [-0.3, -0.25) is 9.13 Å². The number of hydrogen-bond donors (Lipinski definition) is 5. The molecule has 9 nitrogen and oxygen atoms in total. The van der Waals surface area contributed by atoms with E-state index in [1.165, 1.54) is 0 Å². The molecular formula is C5H10N2O7P2. The lowest BCUT2D eigenvalue weighted by Crippen LogP contribution is -2.16. The molecule has 0 aromatic carbocycles. The summed E-state index contributed by atoms with van der Waals surface area (Å²) in [6.07, 6.45) is 2.01. The lowest BCUT2D eigenvalue weighted by atomic mass is 10.7. The van der Waals surface area contributed by atoms with Crippen molar-refractivity contribution < 1.29 is 33.8 Å². The Morgan fingerprint density at radius 3 is 2.06 bits per heavy atom. The zero-order chi connectivity index (χ0) is 12.6. The van der Waals surface area contributed by atoms with Crippen LogP contribution in [-0.2, 0) is 15.7 Å². The molecule has 0 saturated carbocycles. The molecule has 0 amide bonds. The number of imidazole rings is 1. The summed E-state index contributed by atoms with van der Waals surface area (Å²) in [5.74, 6) is -0.407. The minimum Gasteiger partial charge on any atom is -0.492 e. The van der Waals surface area contributed by atoms with Gasteiger partial charge in [0.05, 0.1) is 12.5 Å². The molecule has 0 saturated heterocycles. The second-order valence-electron chi connectivity index (χ2n) is 3.09. The van der Waals surface area contributed by atoms with E-state index in [2.05, 4.69) is 4.98 Å². The van der Waals surface area contributed by atoms with Crippen molar-refractivity contribution in [2.24, 2.45) is 0 Å². The Morgan fingerprint density at radius 2 is 1.75 bits per heavy atom. The summed E-state index contributed by atoms with van der Waals surface area (Å²) in [5, 5.41) is 6.71. The predicted molar refractivity (Wildman–Crippen MR) is 51.8 cm³/mol. The molecule has 0 radical (unpaired) electrons. The Balaban J connectivity index is 2.97. The highest BCUT2D eigenvalue weighted by molar-refractivity contribution is 7.70. The van der Waals surface area contributed by atoms with Crippen molar-refractivity contribution in [3.8, 4) is 5.88 Å². The third kappa shape index (κ3) is 3.41. The zero-order valence-corrected chi connectivity index (χ0v) is 9.57. The number of aromatic nitrogens is 2. The van der Waals surface area contributed by atoms with Crippen LogP contribution in [0.5, 0.6) is 5.88 Å².